The fourth-order valence-electron chi connectivity index (χ4n) is 2.39. The molecule has 1 aliphatic rings. The number of hydrogen-bond acceptors (Lipinski definition) is 5. The Kier molecular flexibility index (Phi) is 3.66. The average molecular weight is 320 g/mol. The Bertz CT molecular complexity index is 823. The topological polar surface area (TPSA) is 63.2 Å². The molecular weight excluding hydrogens is 310 g/mol. The number of nitriles is 1. The van der Waals surface area contributed by atoms with Gasteiger partial charge in [0.2, 0.25) is 0 Å². The molecule has 6 heteroatoms. The highest BCUT2D eigenvalue weighted by molar-refractivity contribution is 7.98. The van der Waals surface area contributed by atoms with Gasteiger partial charge in [0, 0.05) is 21.9 Å². The number of rotatable bonds is 1. The largest absolute Gasteiger partial charge is 0.492 e. The lowest BCUT2D eigenvalue weighted by Gasteiger charge is -2.10. The number of thioether (sulfide) groups is 1. The first kappa shape index (κ1) is 14.1. The van der Waals surface area contributed by atoms with Crippen LogP contribution < -0.4 is 10.4 Å². The van der Waals surface area contributed by atoms with Gasteiger partial charge in [-0.05, 0) is 24.5 Å². The molecule has 3 rings (SSSR count). The molecule has 0 N–H and O–H groups in total. The van der Waals surface area contributed by atoms with E-state index in [1.54, 1.807) is 18.2 Å². The van der Waals surface area contributed by atoms with Gasteiger partial charge in [-0.25, -0.2) is 4.79 Å². The molecule has 0 spiro atoms. The van der Waals surface area contributed by atoms with E-state index in [4.69, 9.17) is 26.0 Å². The molecule has 0 unspecified atom stereocenters. The maximum atomic E-state index is 12.0. The van der Waals surface area contributed by atoms with Gasteiger partial charge in [-0.2, -0.15) is 5.26 Å². The molecule has 1 aliphatic heterocycles. The van der Waals surface area contributed by atoms with Crippen LogP contribution in [0.15, 0.2) is 32.3 Å². The standard InChI is InChI=1S/C15H10ClNO3S/c1-21-14-9-4-5-19-12-3-2-8(16)6-10(12)13(9)20-15(18)11(14)7-17/h2-3,6H,4-5H2,1H3. The van der Waals surface area contributed by atoms with Crippen LogP contribution in [0.2, 0.25) is 5.02 Å². The number of halogens is 1. The van der Waals surface area contributed by atoms with E-state index >= 15 is 0 Å². The van der Waals surface area contributed by atoms with Crippen LogP contribution in [0.3, 0.4) is 0 Å². The molecule has 21 heavy (non-hydrogen) atoms. The van der Waals surface area contributed by atoms with Gasteiger partial charge < -0.3 is 9.15 Å². The van der Waals surface area contributed by atoms with Crippen LogP contribution in [0.1, 0.15) is 11.1 Å². The molecule has 0 bridgehead atoms. The van der Waals surface area contributed by atoms with Crippen molar-refractivity contribution in [1.29, 1.82) is 5.26 Å². The second-order valence-corrected chi connectivity index (χ2v) is 5.71. The Labute approximate surface area is 130 Å². The van der Waals surface area contributed by atoms with E-state index in [2.05, 4.69) is 0 Å². The average Bonchev–Trinajstić information content (AvgIpc) is 2.65. The summed E-state index contributed by atoms with van der Waals surface area (Å²) in [6.45, 7) is 0.452. The Balaban J connectivity index is 2.39. The van der Waals surface area contributed by atoms with Crippen molar-refractivity contribution in [1.82, 2.24) is 0 Å². The van der Waals surface area contributed by atoms with Crippen molar-refractivity contribution >= 4 is 23.4 Å². The quantitative estimate of drug-likeness (QED) is 0.753. The molecule has 0 saturated carbocycles. The van der Waals surface area contributed by atoms with Crippen molar-refractivity contribution in [3.8, 4) is 23.1 Å². The predicted octanol–water partition coefficient (Wildman–Crippen LogP) is 3.49. The molecule has 2 aromatic rings. The summed E-state index contributed by atoms with van der Waals surface area (Å²) in [7, 11) is 0. The van der Waals surface area contributed by atoms with Gasteiger partial charge in [-0.15, -0.1) is 11.8 Å². The van der Waals surface area contributed by atoms with Gasteiger partial charge in [0.15, 0.2) is 5.56 Å². The molecule has 106 valence electrons. The summed E-state index contributed by atoms with van der Waals surface area (Å²) in [6, 6.07) is 7.11. The smallest absolute Gasteiger partial charge is 0.355 e. The number of hydrogen-bond donors (Lipinski definition) is 0. The van der Waals surface area contributed by atoms with Crippen LogP contribution in [0, 0.1) is 11.3 Å². The fraction of sp³-hybridized carbons (Fsp3) is 0.200. The van der Waals surface area contributed by atoms with Crippen LogP contribution >= 0.6 is 23.4 Å². The normalized spacial score (nSPS) is 12.6. The molecule has 0 saturated heterocycles. The zero-order valence-corrected chi connectivity index (χ0v) is 12.7. The maximum Gasteiger partial charge on any atom is 0.355 e. The van der Waals surface area contributed by atoms with E-state index in [1.165, 1.54) is 11.8 Å². The summed E-state index contributed by atoms with van der Waals surface area (Å²) in [4.78, 5) is 12.7. The summed E-state index contributed by atoms with van der Waals surface area (Å²) in [6.07, 6.45) is 2.40. The van der Waals surface area contributed by atoms with Crippen LogP contribution in [-0.2, 0) is 6.42 Å². The molecule has 0 radical (unpaired) electrons. The first-order valence-electron chi connectivity index (χ1n) is 6.22. The van der Waals surface area contributed by atoms with Crippen LogP contribution in [-0.4, -0.2) is 12.9 Å². The summed E-state index contributed by atoms with van der Waals surface area (Å²) >= 11 is 7.40. The molecule has 0 fully saturated rings. The molecule has 1 aromatic carbocycles. The van der Waals surface area contributed by atoms with Gasteiger partial charge in [0.1, 0.15) is 17.6 Å². The van der Waals surface area contributed by atoms with Gasteiger partial charge in [-0.3, -0.25) is 0 Å². The molecule has 0 aliphatic carbocycles. The lowest BCUT2D eigenvalue weighted by atomic mass is 10.0. The van der Waals surface area contributed by atoms with E-state index in [1.807, 2.05) is 12.3 Å². The molecule has 1 aromatic heterocycles. The SMILES string of the molecule is CSc1c2c(oc(=O)c1C#N)-c1cc(Cl)ccc1OCC2. The molecule has 2 heterocycles. The monoisotopic (exact) mass is 319 g/mol. The minimum absolute atomic E-state index is 0.0479. The van der Waals surface area contributed by atoms with E-state index in [0.717, 1.165) is 5.56 Å². The molecule has 0 amide bonds. The minimum Gasteiger partial charge on any atom is -0.492 e. The van der Waals surface area contributed by atoms with Crippen LogP contribution in [0.25, 0.3) is 11.3 Å². The van der Waals surface area contributed by atoms with Crippen LogP contribution in [0.4, 0.5) is 0 Å². The highest BCUT2D eigenvalue weighted by Crippen LogP contribution is 2.40. The van der Waals surface area contributed by atoms with E-state index in [-0.39, 0.29) is 5.56 Å². The Morgan fingerprint density at radius 2 is 2.24 bits per heavy atom. The van der Waals surface area contributed by atoms with Crippen molar-refractivity contribution < 1.29 is 9.15 Å². The molecule has 4 nitrogen and oxygen atoms in total. The molecular formula is C15H10ClNO3S. The van der Waals surface area contributed by atoms with Crippen molar-refractivity contribution in [2.45, 2.75) is 11.3 Å². The van der Waals surface area contributed by atoms with E-state index in [9.17, 15) is 4.79 Å². The van der Waals surface area contributed by atoms with Gasteiger partial charge in [-0.1, -0.05) is 11.6 Å². The van der Waals surface area contributed by atoms with Crippen molar-refractivity contribution in [2.75, 3.05) is 12.9 Å². The van der Waals surface area contributed by atoms with Crippen LogP contribution in [0.5, 0.6) is 5.75 Å². The first-order valence-corrected chi connectivity index (χ1v) is 7.82. The number of ether oxygens (including phenoxy) is 1. The zero-order chi connectivity index (χ0) is 15.0. The number of nitrogens with zero attached hydrogens (tertiary/aromatic N) is 1. The fourth-order valence-corrected chi connectivity index (χ4v) is 3.33. The third kappa shape index (κ3) is 2.31. The number of fused-ring (bicyclic) bond motifs is 3. The predicted molar refractivity (Wildman–Crippen MR) is 81.1 cm³/mol. The third-order valence-electron chi connectivity index (χ3n) is 3.29. The maximum absolute atomic E-state index is 12.0. The Morgan fingerprint density at radius 3 is 2.95 bits per heavy atom. The highest BCUT2D eigenvalue weighted by atomic mass is 35.5. The summed E-state index contributed by atoms with van der Waals surface area (Å²) in [5.41, 5.74) is 0.881. The summed E-state index contributed by atoms with van der Waals surface area (Å²) in [5, 5.41) is 9.70. The van der Waals surface area contributed by atoms with Gasteiger partial charge >= 0.3 is 5.63 Å². The van der Waals surface area contributed by atoms with E-state index < -0.39 is 5.63 Å². The molecule has 0 atom stereocenters. The zero-order valence-electron chi connectivity index (χ0n) is 11.1. The highest BCUT2D eigenvalue weighted by Gasteiger charge is 2.25. The Morgan fingerprint density at radius 1 is 1.43 bits per heavy atom. The Hall–Kier alpha value is -1.90. The third-order valence-corrected chi connectivity index (χ3v) is 4.38. The van der Waals surface area contributed by atoms with Gasteiger partial charge in [0.25, 0.3) is 0 Å². The van der Waals surface area contributed by atoms with Gasteiger partial charge in [0.05, 0.1) is 12.2 Å². The second kappa shape index (κ2) is 5.47. The van der Waals surface area contributed by atoms with Crippen molar-refractivity contribution in [3.63, 3.8) is 0 Å². The summed E-state index contributed by atoms with van der Waals surface area (Å²) < 4.78 is 11.1. The number of benzene rings is 1. The van der Waals surface area contributed by atoms with E-state index in [0.29, 0.717) is 40.0 Å². The first-order chi connectivity index (χ1) is 10.2. The van der Waals surface area contributed by atoms with Crippen molar-refractivity contribution in [3.05, 3.63) is 44.8 Å². The minimum atomic E-state index is -0.631. The lowest BCUT2D eigenvalue weighted by molar-refractivity contribution is 0.326. The summed E-state index contributed by atoms with van der Waals surface area (Å²) in [5.74, 6) is 1.07. The van der Waals surface area contributed by atoms with Crippen molar-refractivity contribution in [2.24, 2.45) is 0 Å². The second-order valence-electron chi connectivity index (χ2n) is 4.46. The lowest BCUT2D eigenvalue weighted by Crippen LogP contribution is -2.10.